The third-order valence-corrected chi connectivity index (χ3v) is 4.70. The summed E-state index contributed by atoms with van der Waals surface area (Å²) in [5.41, 5.74) is -0.896. The van der Waals surface area contributed by atoms with Gasteiger partial charge in [-0.15, -0.1) is 0 Å². The lowest BCUT2D eigenvalue weighted by atomic mass is 9.92. The van der Waals surface area contributed by atoms with Gasteiger partial charge in [-0.3, -0.25) is 14.5 Å². The average molecular weight is 372 g/mol. The Balaban J connectivity index is 2.29. The van der Waals surface area contributed by atoms with Gasteiger partial charge in [0.25, 0.3) is 5.91 Å². The van der Waals surface area contributed by atoms with Crippen molar-refractivity contribution in [2.24, 2.45) is 0 Å². The molecule has 1 N–H and O–H groups in total. The first kappa shape index (κ1) is 18.5. The van der Waals surface area contributed by atoms with E-state index < -0.39 is 17.5 Å². The Morgan fingerprint density at radius 3 is 2.42 bits per heavy atom. The molecule has 1 atom stereocenters. The van der Waals surface area contributed by atoms with Crippen molar-refractivity contribution < 1.29 is 14.4 Å². The topological polar surface area (TPSA) is 69.7 Å². The molecule has 0 bridgehead atoms. The van der Waals surface area contributed by atoms with E-state index in [1.165, 1.54) is 6.07 Å². The molecule has 0 saturated carbocycles. The quantitative estimate of drug-likeness (QED) is 0.808. The zero-order valence-electron chi connectivity index (χ0n) is 13.7. The molecule has 0 radical (unpaired) electrons. The molecule has 1 heterocycles. The molecule has 130 valence electrons. The first-order valence-electron chi connectivity index (χ1n) is 7.62. The van der Waals surface area contributed by atoms with E-state index in [2.05, 4.69) is 5.32 Å². The first-order valence-corrected chi connectivity index (χ1v) is 8.37. The number of imide groups is 1. The van der Waals surface area contributed by atoms with Crippen molar-refractivity contribution in [3.05, 3.63) is 33.8 Å². The number of nitrogens with zero attached hydrogens (tertiary/aromatic N) is 2. The number of likely N-dealkylation sites (N-methyl/N-ethyl adjacent to an activating group) is 1. The lowest BCUT2D eigenvalue weighted by molar-refractivity contribution is -0.138. The summed E-state index contributed by atoms with van der Waals surface area (Å²) in [5, 5.41) is 3.33. The van der Waals surface area contributed by atoms with Gasteiger partial charge < -0.3 is 10.2 Å². The summed E-state index contributed by atoms with van der Waals surface area (Å²) >= 11 is 12.1. The number of halogens is 2. The van der Waals surface area contributed by atoms with Crippen molar-refractivity contribution in [1.29, 1.82) is 0 Å². The van der Waals surface area contributed by atoms with E-state index in [0.717, 1.165) is 4.90 Å². The van der Waals surface area contributed by atoms with Crippen LogP contribution in [0.4, 0.5) is 4.79 Å². The average Bonchev–Trinajstić information content (AvgIpc) is 2.72. The molecule has 4 amide bonds. The van der Waals surface area contributed by atoms with E-state index in [1.54, 1.807) is 24.0 Å². The molecule has 1 aliphatic rings. The maximum absolute atomic E-state index is 12.8. The van der Waals surface area contributed by atoms with Gasteiger partial charge in [-0.2, -0.15) is 0 Å². The SMILES string of the molecule is CCN(CC)C(=O)CN1C(=O)NC(C)(c2ccc(Cl)cc2Cl)C1=O. The van der Waals surface area contributed by atoms with Crippen LogP contribution in [0.5, 0.6) is 0 Å². The number of hydrogen-bond acceptors (Lipinski definition) is 3. The van der Waals surface area contributed by atoms with Gasteiger partial charge in [0.15, 0.2) is 0 Å². The van der Waals surface area contributed by atoms with Crippen molar-refractivity contribution in [2.45, 2.75) is 26.3 Å². The molecule has 24 heavy (non-hydrogen) atoms. The van der Waals surface area contributed by atoms with Gasteiger partial charge in [0.2, 0.25) is 5.91 Å². The van der Waals surface area contributed by atoms with Gasteiger partial charge in [0.05, 0.1) is 0 Å². The summed E-state index contributed by atoms with van der Waals surface area (Å²) in [6, 6.07) is 4.08. The molecule has 1 aromatic rings. The fourth-order valence-electron chi connectivity index (χ4n) is 2.73. The molecule has 1 aliphatic heterocycles. The fourth-order valence-corrected chi connectivity index (χ4v) is 3.33. The van der Waals surface area contributed by atoms with Crippen LogP contribution in [0.2, 0.25) is 10.0 Å². The van der Waals surface area contributed by atoms with Gasteiger partial charge in [-0.1, -0.05) is 29.3 Å². The lowest BCUT2D eigenvalue weighted by Gasteiger charge is -2.24. The Labute approximate surface area is 150 Å². The Hall–Kier alpha value is -1.79. The largest absolute Gasteiger partial charge is 0.342 e. The van der Waals surface area contributed by atoms with E-state index in [4.69, 9.17) is 23.2 Å². The maximum atomic E-state index is 12.8. The highest BCUT2D eigenvalue weighted by Gasteiger charge is 2.50. The smallest absolute Gasteiger partial charge is 0.325 e. The summed E-state index contributed by atoms with van der Waals surface area (Å²) in [4.78, 5) is 39.7. The zero-order chi connectivity index (χ0) is 18.1. The molecule has 0 aliphatic carbocycles. The van der Waals surface area contributed by atoms with Gasteiger partial charge in [0.1, 0.15) is 12.1 Å². The van der Waals surface area contributed by atoms with Crippen LogP contribution in [-0.2, 0) is 15.1 Å². The van der Waals surface area contributed by atoms with E-state index in [-0.39, 0.29) is 17.5 Å². The molecule has 0 aromatic heterocycles. The van der Waals surface area contributed by atoms with E-state index in [0.29, 0.717) is 23.7 Å². The lowest BCUT2D eigenvalue weighted by Crippen LogP contribution is -2.44. The number of carbonyl (C=O) groups is 3. The second-order valence-electron chi connectivity index (χ2n) is 5.64. The van der Waals surface area contributed by atoms with Crippen molar-refractivity contribution in [2.75, 3.05) is 19.6 Å². The van der Waals surface area contributed by atoms with Crippen molar-refractivity contribution in [3.8, 4) is 0 Å². The number of carbonyl (C=O) groups excluding carboxylic acids is 3. The zero-order valence-corrected chi connectivity index (χ0v) is 15.2. The van der Waals surface area contributed by atoms with Crippen LogP contribution in [0.15, 0.2) is 18.2 Å². The summed E-state index contributed by atoms with van der Waals surface area (Å²) in [5.74, 6) is -0.799. The summed E-state index contributed by atoms with van der Waals surface area (Å²) in [6.45, 7) is 5.96. The number of benzene rings is 1. The number of urea groups is 1. The molecule has 1 aromatic carbocycles. The van der Waals surface area contributed by atoms with Gasteiger partial charge >= 0.3 is 6.03 Å². The summed E-state index contributed by atoms with van der Waals surface area (Å²) < 4.78 is 0. The minimum Gasteiger partial charge on any atom is -0.342 e. The molecule has 2 rings (SSSR count). The predicted octanol–water partition coefficient (Wildman–Crippen LogP) is 2.63. The predicted molar refractivity (Wildman–Crippen MR) is 92.0 cm³/mol. The van der Waals surface area contributed by atoms with Crippen LogP contribution >= 0.6 is 23.2 Å². The van der Waals surface area contributed by atoms with Crippen LogP contribution < -0.4 is 5.32 Å². The molecular weight excluding hydrogens is 353 g/mol. The molecular formula is C16H19Cl2N3O3. The van der Waals surface area contributed by atoms with E-state index in [9.17, 15) is 14.4 Å². The Bertz CT molecular complexity index is 691. The number of rotatable bonds is 5. The molecule has 6 nitrogen and oxygen atoms in total. The number of amides is 4. The Morgan fingerprint density at radius 1 is 1.25 bits per heavy atom. The van der Waals surface area contributed by atoms with Crippen molar-refractivity contribution in [3.63, 3.8) is 0 Å². The number of hydrogen-bond donors (Lipinski definition) is 1. The van der Waals surface area contributed by atoms with Crippen molar-refractivity contribution >= 4 is 41.0 Å². The van der Waals surface area contributed by atoms with Crippen LogP contribution in [-0.4, -0.2) is 47.3 Å². The highest BCUT2D eigenvalue weighted by atomic mass is 35.5. The first-order chi connectivity index (χ1) is 11.2. The Kier molecular flexibility index (Phi) is 5.40. The monoisotopic (exact) mass is 371 g/mol. The maximum Gasteiger partial charge on any atom is 0.325 e. The summed E-state index contributed by atoms with van der Waals surface area (Å²) in [6.07, 6.45) is 0. The molecule has 1 fully saturated rings. The van der Waals surface area contributed by atoms with Crippen molar-refractivity contribution in [1.82, 2.24) is 15.1 Å². The summed E-state index contributed by atoms with van der Waals surface area (Å²) in [7, 11) is 0. The van der Waals surface area contributed by atoms with Crippen LogP contribution in [0, 0.1) is 0 Å². The second kappa shape index (κ2) is 6.99. The van der Waals surface area contributed by atoms with Crippen LogP contribution in [0.25, 0.3) is 0 Å². The van der Waals surface area contributed by atoms with E-state index >= 15 is 0 Å². The van der Waals surface area contributed by atoms with Gasteiger partial charge in [-0.25, -0.2) is 4.79 Å². The standard InChI is InChI=1S/C16H19Cl2N3O3/c1-4-20(5-2)13(22)9-21-14(23)16(3,19-15(21)24)11-7-6-10(17)8-12(11)18/h6-8H,4-5,9H2,1-3H3,(H,19,24). The Morgan fingerprint density at radius 2 is 1.88 bits per heavy atom. The third kappa shape index (κ3) is 3.21. The number of nitrogens with one attached hydrogen (secondary N) is 1. The molecule has 1 saturated heterocycles. The third-order valence-electron chi connectivity index (χ3n) is 4.15. The molecule has 1 unspecified atom stereocenters. The van der Waals surface area contributed by atoms with Crippen LogP contribution in [0.1, 0.15) is 26.3 Å². The normalized spacial score (nSPS) is 20.3. The molecule has 8 heteroatoms. The van der Waals surface area contributed by atoms with Crippen LogP contribution in [0.3, 0.4) is 0 Å². The highest BCUT2D eigenvalue weighted by Crippen LogP contribution is 2.34. The second-order valence-corrected chi connectivity index (χ2v) is 6.48. The highest BCUT2D eigenvalue weighted by molar-refractivity contribution is 6.35. The molecule has 0 spiro atoms. The minimum absolute atomic E-state index is 0.274. The van der Waals surface area contributed by atoms with Gasteiger partial charge in [0, 0.05) is 28.7 Å². The van der Waals surface area contributed by atoms with E-state index in [1.807, 2.05) is 13.8 Å². The fraction of sp³-hybridized carbons (Fsp3) is 0.438. The van der Waals surface area contributed by atoms with Gasteiger partial charge in [-0.05, 0) is 32.9 Å². The minimum atomic E-state index is -1.33.